The van der Waals surface area contributed by atoms with Gasteiger partial charge in [0.15, 0.2) is 0 Å². The highest BCUT2D eigenvalue weighted by Gasteiger charge is 2.19. The topological polar surface area (TPSA) is 38.5 Å². The van der Waals surface area contributed by atoms with Gasteiger partial charge in [0.05, 0.1) is 12.8 Å². The van der Waals surface area contributed by atoms with Crippen LogP contribution in [0.15, 0.2) is 12.1 Å². The lowest BCUT2D eigenvalue weighted by Gasteiger charge is -2.33. The van der Waals surface area contributed by atoms with Crippen molar-refractivity contribution < 1.29 is 4.74 Å². The van der Waals surface area contributed by atoms with Crippen molar-refractivity contribution in [2.24, 2.45) is 5.73 Å². The van der Waals surface area contributed by atoms with Crippen LogP contribution in [0, 0.1) is 6.92 Å². The van der Waals surface area contributed by atoms with E-state index >= 15 is 0 Å². The first-order chi connectivity index (χ1) is 8.11. The number of piperidine rings is 1. The fourth-order valence-electron chi connectivity index (χ4n) is 2.20. The van der Waals surface area contributed by atoms with Gasteiger partial charge in [-0.25, -0.2) is 0 Å². The molecule has 4 heteroatoms. The monoisotopic (exact) mass is 254 g/mol. The first kappa shape index (κ1) is 12.5. The highest BCUT2D eigenvalue weighted by atomic mass is 35.5. The minimum Gasteiger partial charge on any atom is -0.495 e. The predicted octanol–water partition coefficient (Wildman–Crippen LogP) is 2.58. The lowest BCUT2D eigenvalue weighted by molar-refractivity contribution is 0.410. The molecule has 17 heavy (non-hydrogen) atoms. The Balaban J connectivity index is 2.27. The molecule has 0 aliphatic carbocycles. The van der Waals surface area contributed by atoms with Gasteiger partial charge in [-0.1, -0.05) is 11.6 Å². The van der Waals surface area contributed by atoms with Crippen LogP contribution in [-0.4, -0.2) is 26.2 Å². The van der Waals surface area contributed by atoms with Gasteiger partial charge < -0.3 is 15.4 Å². The number of methoxy groups -OCH3 is 1. The van der Waals surface area contributed by atoms with E-state index in [9.17, 15) is 0 Å². The molecule has 1 heterocycles. The standard InChI is InChI=1S/C13H19ClN2O/c1-9-7-12(13(17-2)8-11(9)14)16-5-3-10(15)4-6-16/h7-8,10H,3-6,15H2,1-2H3. The SMILES string of the molecule is COc1cc(Cl)c(C)cc1N1CCC(N)CC1. The minimum absolute atomic E-state index is 0.339. The smallest absolute Gasteiger partial charge is 0.143 e. The molecule has 0 saturated carbocycles. The van der Waals surface area contributed by atoms with Gasteiger partial charge in [0.25, 0.3) is 0 Å². The third kappa shape index (κ3) is 2.67. The quantitative estimate of drug-likeness (QED) is 0.882. The number of ether oxygens (including phenoxy) is 1. The van der Waals surface area contributed by atoms with Crippen LogP contribution in [0.1, 0.15) is 18.4 Å². The third-order valence-corrected chi connectivity index (χ3v) is 3.75. The molecule has 2 rings (SSSR count). The Labute approximate surface area is 107 Å². The van der Waals surface area contributed by atoms with E-state index in [4.69, 9.17) is 22.1 Å². The van der Waals surface area contributed by atoms with Crippen molar-refractivity contribution in [1.82, 2.24) is 0 Å². The normalized spacial score (nSPS) is 17.3. The molecule has 1 aromatic carbocycles. The molecule has 3 nitrogen and oxygen atoms in total. The van der Waals surface area contributed by atoms with Gasteiger partial charge in [0.1, 0.15) is 5.75 Å². The Morgan fingerprint density at radius 2 is 2.00 bits per heavy atom. The second-order valence-corrected chi connectivity index (χ2v) is 5.00. The predicted molar refractivity (Wildman–Crippen MR) is 72.2 cm³/mol. The lowest BCUT2D eigenvalue weighted by atomic mass is 10.0. The molecule has 0 aromatic heterocycles. The van der Waals surface area contributed by atoms with Gasteiger partial charge in [-0.05, 0) is 31.4 Å². The third-order valence-electron chi connectivity index (χ3n) is 3.34. The molecule has 0 bridgehead atoms. The van der Waals surface area contributed by atoms with E-state index in [0.29, 0.717) is 6.04 Å². The van der Waals surface area contributed by atoms with E-state index in [2.05, 4.69) is 11.0 Å². The van der Waals surface area contributed by atoms with Gasteiger partial charge in [-0.15, -0.1) is 0 Å². The van der Waals surface area contributed by atoms with E-state index in [1.807, 2.05) is 13.0 Å². The van der Waals surface area contributed by atoms with Crippen molar-refractivity contribution in [2.45, 2.75) is 25.8 Å². The van der Waals surface area contributed by atoms with E-state index in [1.165, 1.54) is 0 Å². The number of nitrogens with two attached hydrogens (primary N) is 1. The van der Waals surface area contributed by atoms with Gasteiger partial charge in [-0.2, -0.15) is 0 Å². The van der Waals surface area contributed by atoms with Crippen LogP contribution in [-0.2, 0) is 0 Å². The summed E-state index contributed by atoms with van der Waals surface area (Å²) in [5, 5.41) is 0.749. The molecule has 94 valence electrons. The molecule has 0 spiro atoms. The zero-order chi connectivity index (χ0) is 12.4. The molecule has 1 aromatic rings. The summed E-state index contributed by atoms with van der Waals surface area (Å²) in [6, 6.07) is 4.32. The summed E-state index contributed by atoms with van der Waals surface area (Å²) in [6.07, 6.45) is 2.07. The molecule has 0 radical (unpaired) electrons. The Kier molecular flexibility index (Phi) is 3.79. The Hall–Kier alpha value is -0.930. The second-order valence-electron chi connectivity index (χ2n) is 4.60. The van der Waals surface area contributed by atoms with Crippen molar-refractivity contribution in [2.75, 3.05) is 25.1 Å². The summed E-state index contributed by atoms with van der Waals surface area (Å²) in [4.78, 5) is 2.32. The molecular weight excluding hydrogens is 236 g/mol. The van der Waals surface area contributed by atoms with Gasteiger partial charge in [0.2, 0.25) is 0 Å². The number of nitrogens with zero attached hydrogens (tertiary/aromatic N) is 1. The second kappa shape index (κ2) is 5.15. The number of rotatable bonds is 2. The average molecular weight is 255 g/mol. The summed E-state index contributed by atoms with van der Waals surface area (Å²) in [5.74, 6) is 0.844. The first-order valence-electron chi connectivity index (χ1n) is 5.96. The van der Waals surface area contributed by atoms with Crippen molar-refractivity contribution in [3.05, 3.63) is 22.7 Å². The number of anilines is 1. The first-order valence-corrected chi connectivity index (χ1v) is 6.34. The van der Waals surface area contributed by atoms with E-state index in [1.54, 1.807) is 7.11 Å². The fourth-order valence-corrected chi connectivity index (χ4v) is 2.35. The molecule has 1 saturated heterocycles. The molecule has 0 atom stereocenters. The largest absolute Gasteiger partial charge is 0.495 e. The lowest BCUT2D eigenvalue weighted by Crippen LogP contribution is -2.39. The summed E-state index contributed by atoms with van der Waals surface area (Å²) in [7, 11) is 1.68. The maximum Gasteiger partial charge on any atom is 0.143 e. The maximum absolute atomic E-state index is 6.11. The maximum atomic E-state index is 6.11. The van der Waals surface area contributed by atoms with Crippen LogP contribution in [0.25, 0.3) is 0 Å². The minimum atomic E-state index is 0.339. The van der Waals surface area contributed by atoms with Crippen LogP contribution in [0.2, 0.25) is 5.02 Å². The number of benzene rings is 1. The molecule has 1 aliphatic heterocycles. The average Bonchev–Trinajstić information content (AvgIpc) is 2.33. The zero-order valence-corrected chi connectivity index (χ0v) is 11.1. The van der Waals surface area contributed by atoms with Crippen molar-refractivity contribution in [3.8, 4) is 5.75 Å². The summed E-state index contributed by atoms with van der Waals surface area (Å²) in [5.41, 5.74) is 8.13. The van der Waals surface area contributed by atoms with E-state index < -0.39 is 0 Å². The number of aryl methyl sites for hydroxylation is 1. The van der Waals surface area contributed by atoms with Crippen molar-refractivity contribution in [3.63, 3.8) is 0 Å². The summed E-state index contributed by atoms with van der Waals surface area (Å²) >= 11 is 6.11. The molecule has 2 N–H and O–H groups in total. The summed E-state index contributed by atoms with van der Waals surface area (Å²) in [6.45, 7) is 3.98. The highest BCUT2D eigenvalue weighted by Crippen LogP contribution is 2.34. The fraction of sp³-hybridized carbons (Fsp3) is 0.538. The van der Waals surface area contributed by atoms with Crippen molar-refractivity contribution in [1.29, 1.82) is 0 Å². The van der Waals surface area contributed by atoms with Crippen LogP contribution in [0.5, 0.6) is 5.75 Å². The molecule has 0 amide bonds. The van der Waals surface area contributed by atoms with Gasteiger partial charge in [0, 0.05) is 30.2 Å². The van der Waals surface area contributed by atoms with E-state index in [0.717, 1.165) is 48.0 Å². The Morgan fingerprint density at radius 1 is 1.35 bits per heavy atom. The van der Waals surface area contributed by atoms with E-state index in [-0.39, 0.29) is 0 Å². The van der Waals surface area contributed by atoms with Crippen molar-refractivity contribution >= 4 is 17.3 Å². The number of halogens is 1. The van der Waals surface area contributed by atoms with Crippen LogP contribution < -0.4 is 15.4 Å². The number of hydrogen-bond acceptors (Lipinski definition) is 3. The molecular formula is C13H19ClN2O. The Bertz CT molecular complexity index is 401. The molecule has 1 fully saturated rings. The zero-order valence-electron chi connectivity index (χ0n) is 10.4. The molecule has 0 unspecified atom stereocenters. The van der Waals surface area contributed by atoms with Gasteiger partial charge >= 0.3 is 0 Å². The highest BCUT2D eigenvalue weighted by molar-refractivity contribution is 6.31. The summed E-state index contributed by atoms with van der Waals surface area (Å²) < 4.78 is 5.40. The Morgan fingerprint density at radius 3 is 2.59 bits per heavy atom. The van der Waals surface area contributed by atoms with Crippen LogP contribution in [0.3, 0.4) is 0 Å². The molecule has 1 aliphatic rings. The van der Waals surface area contributed by atoms with Crippen LogP contribution in [0.4, 0.5) is 5.69 Å². The number of hydrogen-bond donors (Lipinski definition) is 1. The van der Waals surface area contributed by atoms with Crippen LogP contribution >= 0.6 is 11.6 Å². The van der Waals surface area contributed by atoms with Gasteiger partial charge in [-0.3, -0.25) is 0 Å².